The van der Waals surface area contributed by atoms with E-state index in [-0.39, 0.29) is 11.3 Å². The Bertz CT molecular complexity index is 3210. The van der Waals surface area contributed by atoms with E-state index >= 15 is 0 Å². The van der Waals surface area contributed by atoms with Crippen LogP contribution in [-0.2, 0) is 27.6 Å². The number of benzene rings is 5. The molecule has 5 heterocycles. The predicted octanol–water partition coefficient (Wildman–Crippen LogP) is 7.23. The molecule has 0 bridgehead atoms. The van der Waals surface area contributed by atoms with E-state index in [2.05, 4.69) is 24.8 Å². The van der Waals surface area contributed by atoms with E-state index in [9.17, 15) is 33.9 Å². The van der Waals surface area contributed by atoms with E-state index in [0.29, 0.717) is 83.8 Å². The summed E-state index contributed by atoms with van der Waals surface area (Å²) in [6, 6.07) is 35.2. The number of Topliss-reactive ketones (excluding diaryl/α,β-unsaturated/α-hetero) is 3. The molecule has 0 radical (unpaired) electrons. The summed E-state index contributed by atoms with van der Waals surface area (Å²) in [5.74, 6) is -1.07. The zero-order chi connectivity index (χ0) is 50.0. The number of aromatic amines is 3. The number of phenolic OH excluding ortho intramolecular Hbond substituents is 1. The summed E-state index contributed by atoms with van der Waals surface area (Å²) in [5.41, 5.74) is 5.32. The van der Waals surface area contributed by atoms with E-state index in [1.807, 2.05) is 93.0 Å². The van der Waals surface area contributed by atoms with Gasteiger partial charge in [-0.2, -0.15) is 0 Å². The van der Waals surface area contributed by atoms with Crippen LogP contribution < -0.4 is 9.47 Å². The predicted molar refractivity (Wildman–Crippen MR) is 270 cm³/mol. The molecule has 2 aliphatic rings. The molecule has 8 aromatic rings. The van der Waals surface area contributed by atoms with Crippen molar-refractivity contribution in [2.45, 2.75) is 13.2 Å². The topological polar surface area (TPSA) is 201 Å². The van der Waals surface area contributed by atoms with Crippen LogP contribution in [0, 0.1) is 0 Å². The average Bonchev–Trinajstić information content (AvgIpc) is 4.14. The maximum absolute atomic E-state index is 12.7. The van der Waals surface area contributed by atoms with Gasteiger partial charge in [-0.15, -0.1) is 0 Å². The fraction of sp³-hybridized carbons (Fsp3) is 0.222. The van der Waals surface area contributed by atoms with Crippen molar-refractivity contribution in [1.82, 2.24) is 34.6 Å². The van der Waals surface area contributed by atoms with Gasteiger partial charge in [-0.3, -0.25) is 28.8 Å². The first kappa shape index (κ1) is 49.4. The molecule has 5 aromatic carbocycles. The highest BCUT2D eigenvalue weighted by Gasteiger charge is 2.29. The van der Waals surface area contributed by atoms with Gasteiger partial charge in [0.15, 0.2) is 0 Å². The van der Waals surface area contributed by atoms with E-state index in [1.165, 1.54) is 24.5 Å². The monoisotopic (exact) mass is 977 g/mol. The Morgan fingerprint density at radius 3 is 1.25 bits per heavy atom. The maximum atomic E-state index is 12.7. The molecule has 0 unspecified atom stereocenters. The number of hydrogen-bond acceptors (Lipinski definition) is 11. The molecule has 364 valence electrons. The second-order valence-corrected chi connectivity index (χ2v) is 17.6. The highest BCUT2D eigenvalue weighted by Crippen LogP contribution is 2.27. The minimum atomic E-state index is -0.995. The van der Waals surface area contributed by atoms with Crippen LogP contribution in [0.1, 0.15) is 42.2 Å². The third-order valence-electron chi connectivity index (χ3n) is 12.4. The van der Waals surface area contributed by atoms with Crippen molar-refractivity contribution in [3.8, 4) is 17.2 Å². The van der Waals surface area contributed by atoms with Gasteiger partial charge < -0.3 is 49.1 Å². The summed E-state index contributed by atoms with van der Waals surface area (Å²) in [5, 5.41) is 10.5. The number of halogens is 1. The van der Waals surface area contributed by atoms with Crippen LogP contribution in [0.2, 0.25) is 0 Å². The van der Waals surface area contributed by atoms with Crippen LogP contribution in [0.4, 0.5) is 0 Å². The number of amides is 2. The SMILES string of the molecule is CN1CCN(C(=O)C(=O)c2c[nH]c3cc(O)ccc23)CC1.CN1CCN(C(=O)C(=O)c2c[nH]c3cc(OCc4ccccc4)ccc23)CC1.O=C(Cl)C(=O)c1c[nH]c2cc(OCc3ccccc3)ccc12. The van der Waals surface area contributed by atoms with Crippen molar-refractivity contribution in [3.05, 3.63) is 162 Å². The molecular formula is C54H52ClN7O9. The van der Waals surface area contributed by atoms with Crippen LogP contribution in [0.5, 0.6) is 17.2 Å². The smallest absolute Gasteiger partial charge is 0.295 e. The number of piperazine rings is 2. The standard InChI is InChI=1S/C22H23N3O3.C17H12ClNO3.C15H17N3O3/c1-24-9-11-25(12-10-24)22(27)21(26)19-14-23-20-13-17(7-8-18(19)20)28-15-16-5-3-2-4-6-16;18-17(21)16(20)14-9-19-15-8-12(6-7-13(14)15)22-10-11-4-2-1-3-5-11;1-17-4-6-18(7-5-17)15(21)14(20)12-9-16-13-8-10(19)2-3-11(12)13/h2-8,13-14,23H,9-12,15H2,1H3;1-9,19H,10H2;2-3,8-9,16,19H,4-7H2,1H3. The van der Waals surface area contributed by atoms with Crippen molar-refractivity contribution in [2.24, 2.45) is 0 Å². The molecule has 2 fully saturated rings. The molecule has 0 atom stereocenters. The number of H-pyrrole nitrogens is 3. The maximum Gasteiger partial charge on any atom is 0.295 e. The van der Waals surface area contributed by atoms with E-state index in [0.717, 1.165) is 48.2 Å². The number of aromatic hydroxyl groups is 1. The van der Waals surface area contributed by atoms with Crippen LogP contribution in [0.3, 0.4) is 0 Å². The van der Waals surface area contributed by atoms with Gasteiger partial charge in [0, 0.05) is 122 Å². The molecule has 10 rings (SSSR count). The quantitative estimate of drug-likeness (QED) is 0.0547. The second kappa shape index (κ2) is 22.6. The van der Waals surface area contributed by atoms with E-state index in [4.69, 9.17) is 21.1 Å². The Morgan fingerprint density at radius 2 is 0.859 bits per heavy atom. The third-order valence-corrected chi connectivity index (χ3v) is 12.5. The number of nitrogens with one attached hydrogen (secondary N) is 3. The van der Waals surface area contributed by atoms with Gasteiger partial charge in [-0.05, 0) is 73.2 Å². The lowest BCUT2D eigenvalue weighted by atomic mass is 10.1. The number of phenols is 1. The fourth-order valence-corrected chi connectivity index (χ4v) is 8.29. The largest absolute Gasteiger partial charge is 0.508 e. The van der Waals surface area contributed by atoms with Crippen LogP contribution in [0.25, 0.3) is 32.7 Å². The van der Waals surface area contributed by atoms with E-state index < -0.39 is 34.4 Å². The number of hydrogen-bond donors (Lipinski definition) is 4. The van der Waals surface area contributed by atoms with Crippen LogP contribution >= 0.6 is 11.6 Å². The van der Waals surface area contributed by atoms with Crippen LogP contribution in [0.15, 0.2) is 134 Å². The summed E-state index contributed by atoms with van der Waals surface area (Å²) in [7, 11) is 4.01. The van der Waals surface area contributed by atoms with Crippen molar-refractivity contribution in [1.29, 1.82) is 0 Å². The molecule has 0 saturated carbocycles. The fourth-order valence-electron chi connectivity index (χ4n) is 8.19. The van der Waals surface area contributed by atoms with Gasteiger partial charge in [-0.25, -0.2) is 0 Å². The van der Waals surface area contributed by atoms with Crippen LogP contribution in [-0.4, -0.2) is 141 Å². The van der Waals surface area contributed by atoms with Crippen molar-refractivity contribution in [2.75, 3.05) is 66.5 Å². The van der Waals surface area contributed by atoms with Crippen molar-refractivity contribution >= 4 is 78.7 Å². The first-order valence-electron chi connectivity index (χ1n) is 23.0. The number of carbonyl (C=O) groups is 6. The number of likely N-dealkylation sites (N-methyl/N-ethyl adjacent to an activating group) is 2. The highest BCUT2D eigenvalue weighted by atomic mass is 35.5. The van der Waals surface area contributed by atoms with Crippen molar-refractivity contribution < 1.29 is 43.3 Å². The number of aromatic nitrogens is 3. The van der Waals surface area contributed by atoms with Gasteiger partial charge in [0.2, 0.25) is 5.78 Å². The molecule has 17 heteroatoms. The summed E-state index contributed by atoms with van der Waals surface area (Å²) < 4.78 is 11.6. The first-order valence-corrected chi connectivity index (χ1v) is 23.3. The normalized spacial score (nSPS) is 14.0. The Kier molecular flexibility index (Phi) is 15.7. The Labute approximate surface area is 413 Å². The number of carbonyl (C=O) groups excluding carboxylic acids is 6. The lowest BCUT2D eigenvalue weighted by Gasteiger charge is -2.31. The number of nitrogens with zero attached hydrogens (tertiary/aromatic N) is 4. The molecule has 3 aromatic heterocycles. The first-order chi connectivity index (χ1) is 34.3. The van der Waals surface area contributed by atoms with E-state index in [1.54, 1.807) is 40.3 Å². The second-order valence-electron chi connectivity index (χ2n) is 17.3. The lowest BCUT2D eigenvalue weighted by molar-refractivity contribution is -0.128. The average molecular weight is 979 g/mol. The zero-order valence-electron chi connectivity index (χ0n) is 39.2. The molecule has 71 heavy (non-hydrogen) atoms. The number of ether oxygens (including phenoxy) is 2. The Balaban J connectivity index is 0.000000145. The molecule has 0 spiro atoms. The third kappa shape index (κ3) is 12.0. The molecule has 4 N–H and O–H groups in total. The van der Waals surface area contributed by atoms with Gasteiger partial charge >= 0.3 is 0 Å². The van der Waals surface area contributed by atoms with Gasteiger partial charge in [0.25, 0.3) is 28.6 Å². The molecule has 2 saturated heterocycles. The minimum absolute atomic E-state index is 0.119. The zero-order valence-corrected chi connectivity index (χ0v) is 39.9. The summed E-state index contributed by atoms with van der Waals surface area (Å²) in [6.07, 6.45) is 4.62. The number of fused-ring (bicyclic) bond motifs is 3. The molecular weight excluding hydrogens is 926 g/mol. The number of ketones is 3. The summed E-state index contributed by atoms with van der Waals surface area (Å²) >= 11 is 5.24. The number of rotatable bonds is 12. The van der Waals surface area contributed by atoms with Gasteiger partial charge in [0.05, 0.1) is 16.7 Å². The van der Waals surface area contributed by atoms with Gasteiger partial charge in [0.1, 0.15) is 30.5 Å². The summed E-state index contributed by atoms with van der Waals surface area (Å²) in [4.78, 5) is 89.2. The molecule has 16 nitrogen and oxygen atoms in total. The minimum Gasteiger partial charge on any atom is -0.508 e. The molecule has 2 aliphatic heterocycles. The Morgan fingerprint density at radius 1 is 0.493 bits per heavy atom. The molecule has 0 aliphatic carbocycles. The Hall–Kier alpha value is -8.05. The van der Waals surface area contributed by atoms with Gasteiger partial charge in [-0.1, -0.05) is 60.7 Å². The highest BCUT2D eigenvalue weighted by molar-refractivity contribution is 6.83. The summed E-state index contributed by atoms with van der Waals surface area (Å²) in [6.45, 7) is 6.38. The molecule has 2 amide bonds. The van der Waals surface area contributed by atoms with Crippen molar-refractivity contribution in [3.63, 3.8) is 0 Å². The lowest BCUT2D eigenvalue weighted by Crippen LogP contribution is -2.49.